The molecule has 2 aromatic carbocycles. The largest absolute Gasteiger partial charge is 0.484 e. The van der Waals surface area contributed by atoms with E-state index in [0.29, 0.717) is 11.7 Å². The van der Waals surface area contributed by atoms with Crippen LogP contribution in [0.25, 0.3) is 0 Å². The van der Waals surface area contributed by atoms with Gasteiger partial charge in [-0.05, 0) is 48.2 Å². The van der Waals surface area contributed by atoms with Crippen LogP contribution in [0.3, 0.4) is 0 Å². The van der Waals surface area contributed by atoms with E-state index in [-0.39, 0.29) is 17.3 Å². The Labute approximate surface area is 155 Å². The number of halogens is 4. The zero-order chi connectivity index (χ0) is 19.3. The van der Waals surface area contributed by atoms with Crippen LogP contribution in [-0.4, -0.2) is 12.5 Å². The Morgan fingerprint density at radius 1 is 1.19 bits per heavy atom. The first-order valence-electron chi connectivity index (χ1n) is 8.10. The minimum atomic E-state index is -4.49. The van der Waals surface area contributed by atoms with Gasteiger partial charge in [0, 0.05) is 0 Å². The van der Waals surface area contributed by atoms with Crippen LogP contribution >= 0.6 is 11.6 Å². The molecule has 0 fully saturated rings. The van der Waals surface area contributed by atoms with E-state index < -0.39 is 17.6 Å². The molecule has 0 bridgehead atoms. The zero-order valence-corrected chi connectivity index (χ0v) is 15.1. The lowest BCUT2D eigenvalue weighted by molar-refractivity contribution is -0.137. The van der Waals surface area contributed by atoms with Gasteiger partial charge < -0.3 is 10.1 Å². The molecule has 0 saturated heterocycles. The summed E-state index contributed by atoms with van der Waals surface area (Å²) in [4.78, 5) is 11.9. The third-order valence-corrected chi connectivity index (χ3v) is 4.31. The number of hydrogen-bond acceptors (Lipinski definition) is 2. The summed E-state index contributed by atoms with van der Waals surface area (Å²) in [6.45, 7) is 3.95. The third kappa shape index (κ3) is 5.39. The topological polar surface area (TPSA) is 38.3 Å². The predicted molar refractivity (Wildman–Crippen MR) is 95.7 cm³/mol. The summed E-state index contributed by atoms with van der Waals surface area (Å²) in [5.74, 6) is 0.456. The smallest absolute Gasteiger partial charge is 0.416 e. The van der Waals surface area contributed by atoms with Crippen LogP contribution in [0.2, 0.25) is 5.02 Å². The molecular weight excluding hydrogens is 367 g/mol. The van der Waals surface area contributed by atoms with Gasteiger partial charge in [0.15, 0.2) is 6.61 Å². The van der Waals surface area contributed by atoms with E-state index >= 15 is 0 Å². The number of carbonyl (C=O) groups is 1. The Bertz CT molecular complexity index is 760. The SMILES string of the molecule is CC[C@H](C)c1ccc(OCC(=O)Nc2ccc(C(F)(F)F)cc2Cl)cc1. The van der Waals surface area contributed by atoms with Gasteiger partial charge in [-0.3, -0.25) is 4.79 Å². The number of hydrogen-bond donors (Lipinski definition) is 1. The van der Waals surface area contributed by atoms with Crippen molar-refractivity contribution in [2.24, 2.45) is 0 Å². The molecule has 0 saturated carbocycles. The van der Waals surface area contributed by atoms with Gasteiger partial charge in [0.05, 0.1) is 16.3 Å². The minimum Gasteiger partial charge on any atom is -0.484 e. The van der Waals surface area contributed by atoms with E-state index in [1.165, 1.54) is 5.56 Å². The lowest BCUT2D eigenvalue weighted by Gasteiger charge is -2.12. The second-order valence-electron chi connectivity index (χ2n) is 5.91. The highest BCUT2D eigenvalue weighted by Crippen LogP contribution is 2.33. The molecule has 0 unspecified atom stereocenters. The summed E-state index contributed by atoms with van der Waals surface area (Å²) in [5.41, 5.74) is 0.402. The number of ether oxygens (including phenoxy) is 1. The van der Waals surface area contributed by atoms with Crippen LogP contribution < -0.4 is 10.1 Å². The second kappa shape index (κ2) is 8.45. The number of benzene rings is 2. The number of alkyl halides is 3. The Morgan fingerprint density at radius 3 is 2.38 bits per heavy atom. The van der Waals surface area contributed by atoms with Crippen LogP contribution in [0.15, 0.2) is 42.5 Å². The highest BCUT2D eigenvalue weighted by atomic mass is 35.5. The van der Waals surface area contributed by atoms with Crippen molar-refractivity contribution in [1.29, 1.82) is 0 Å². The van der Waals surface area contributed by atoms with Gasteiger partial charge in [-0.2, -0.15) is 13.2 Å². The molecule has 0 aliphatic rings. The Morgan fingerprint density at radius 2 is 1.85 bits per heavy atom. The maximum Gasteiger partial charge on any atom is 0.416 e. The van der Waals surface area contributed by atoms with E-state index in [0.717, 1.165) is 24.6 Å². The molecule has 2 rings (SSSR count). The molecule has 0 radical (unpaired) electrons. The van der Waals surface area contributed by atoms with Crippen molar-refractivity contribution in [2.75, 3.05) is 11.9 Å². The average molecular weight is 386 g/mol. The van der Waals surface area contributed by atoms with Crippen LogP contribution in [0.4, 0.5) is 18.9 Å². The molecular formula is C19H19ClF3NO2. The first kappa shape index (κ1) is 20.1. The van der Waals surface area contributed by atoms with E-state index in [2.05, 4.69) is 19.2 Å². The maximum atomic E-state index is 12.6. The molecule has 0 heterocycles. The summed E-state index contributed by atoms with van der Waals surface area (Å²) >= 11 is 5.80. The molecule has 0 aliphatic carbocycles. The first-order chi connectivity index (χ1) is 12.2. The van der Waals surface area contributed by atoms with Gasteiger partial charge in [-0.25, -0.2) is 0 Å². The zero-order valence-electron chi connectivity index (χ0n) is 14.4. The van der Waals surface area contributed by atoms with Gasteiger partial charge in [0.1, 0.15) is 5.75 Å². The highest BCUT2D eigenvalue weighted by Gasteiger charge is 2.31. The molecule has 1 atom stereocenters. The molecule has 0 aromatic heterocycles. The third-order valence-electron chi connectivity index (χ3n) is 4.00. The molecule has 0 spiro atoms. The molecule has 7 heteroatoms. The van der Waals surface area contributed by atoms with Gasteiger partial charge in [0.25, 0.3) is 5.91 Å². The van der Waals surface area contributed by atoms with Crippen molar-refractivity contribution >= 4 is 23.2 Å². The molecule has 3 nitrogen and oxygen atoms in total. The number of rotatable bonds is 6. The fraction of sp³-hybridized carbons (Fsp3) is 0.316. The minimum absolute atomic E-state index is 0.0976. The van der Waals surface area contributed by atoms with Crippen molar-refractivity contribution in [1.82, 2.24) is 0 Å². The summed E-state index contributed by atoms with van der Waals surface area (Å²) < 4.78 is 43.2. The molecule has 0 aliphatic heterocycles. The molecule has 2 aromatic rings. The fourth-order valence-electron chi connectivity index (χ4n) is 2.26. The van der Waals surface area contributed by atoms with E-state index in [1.807, 2.05) is 12.1 Å². The van der Waals surface area contributed by atoms with Crippen molar-refractivity contribution in [3.63, 3.8) is 0 Å². The average Bonchev–Trinajstić information content (AvgIpc) is 2.60. The number of nitrogens with one attached hydrogen (secondary N) is 1. The fourth-order valence-corrected chi connectivity index (χ4v) is 2.48. The van der Waals surface area contributed by atoms with Gasteiger partial charge in [-0.1, -0.05) is 37.6 Å². The maximum absolute atomic E-state index is 12.6. The summed E-state index contributed by atoms with van der Waals surface area (Å²) in [7, 11) is 0. The second-order valence-corrected chi connectivity index (χ2v) is 6.31. The van der Waals surface area contributed by atoms with Gasteiger partial charge in [-0.15, -0.1) is 0 Å². The van der Waals surface area contributed by atoms with Crippen LogP contribution in [0, 0.1) is 0 Å². The number of anilines is 1. The van der Waals surface area contributed by atoms with Crippen LogP contribution in [0.1, 0.15) is 37.3 Å². The van der Waals surface area contributed by atoms with Crippen molar-refractivity contribution in [3.8, 4) is 5.75 Å². The molecule has 26 heavy (non-hydrogen) atoms. The van der Waals surface area contributed by atoms with Gasteiger partial charge >= 0.3 is 6.18 Å². The van der Waals surface area contributed by atoms with E-state index in [1.54, 1.807) is 12.1 Å². The Hall–Kier alpha value is -2.21. The standard InChI is InChI=1S/C19H19ClF3NO2/c1-3-12(2)13-4-7-15(8-5-13)26-11-18(25)24-17-9-6-14(10-16(17)20)19(21,22)23/h4-10,12H,3,11H2,1-2H3,(H,24,25)/t12-/m0/s1. The molecule has 1 N–H and O–H groups in total. The van der Waals surface area contributed by atoms with Crippen LogP contribution in [0.5, 0.6) is 5.75 Å². The number of carbonyl (C=O) groups excluding carboxylic acids is 1. The first-order valence-corrected chi connectivity index (χ1v) is 8.48. The van der Waals surface area contributed by atoms with Crippen molar-refractivity contribution < 1.29 is 22.7 Å². The Kier molecular flexibility index (Phi) is 6.53. The van der Waals surface area contributed by atoms with Gasteiger partial charge in [0.2, 0.25) is 0 Å². The predicted octanol–water partition coefficient (Wildman–Crippen LogP) is 5.89. The highest BCUT2D eigenvalue weighted by molar-refractivity contribution is 6.33. The summed E-state index contributed by atoms with van der Waals surface area (Å²) in [6.07, 6.45) is -3.47. The Balaban J connectivity index is 1.93. The van der Waals surface area contributed by atoms with Crippen molar-refractivity contribution in [2.45, 2.75) is 32.4 Å². The van der Waals surface area contributed by atoms with E-state index in [4.69, 9.17) is 16.3 Å². The number of amides is 1. The van der Waals surface area contributed by atoms with E-state index in [9.17, 15) is 18.0 Å². The quantitative estimate of drug-likeness (QED) is 0.673. The lowest BCUT2D eigenvalue weighted by atomic mass is 9.99. The van der Waals surface area contributed by atoms with Crippen LogP contribution in [-0.2, 0) is 11.0 Å². The monoisotopic (exact) mass is 385 g/mol. The normalized spacial score (nSPS) is 12.5. The lowest BCUT2D eigenvalue weighted by Crippen LogP contribution is -2.20. The van der Waals surface area contributed by atoms with Crippen molar-refractivity contribution in [3.05, 3.63) is 58.6 Å². The summed E-state index contributed by atoms with van der Waals surface area (Å²) in [6, 6.07) is 10.2. The molecule has 140 valence electrons. The molecule has 1 amide bonds. The summed E-state index contributed by atoms with van der Waals surface area (Å²) in [5, 5.41) is 2.25.